The van der Waals surface area contributed by atoms with Crippen molar-refractivity contribution >= 4 is 23.7 Å². The summed E-state index contributed by atoms with van der Waals surface area (Å²) in [7, 11) is 0. The van der Waals surface area contributed by atoms with Crippen molar-refractivity contribution in [3.8, 4) is 5.75 Å². The monoisotopic (exact) mass is 226 g/mol. The maximum absolute atomic E-state index is 11.4. The van der Waals surface area contributed by atoms with Crippen LogP contribution in [0.2, 0.25) is 5.02 Å². The Balaban J connectivity index is 3.39. The minimum Gasteiger partial charge on any atom is -0.493 e. The number of hydrogen-bond acceptors (Lipinski definition) is 3. The van der Waals surface area contributed by atoms with Gasteiger partial charge in [0.05, 0.1) is 12.2 Å². The molecule has 0 unspecified atom stereocenters. The van der Waals surface area contributed by atoms with Gasteiger partial charge in [-0.2, -0.15) is 0 Å². The van der Waals surface area contributed by atoms with Crippen LogP contribution in [0, 0.1) is 0 Å². The Morgan fingerprint density at radius 3 is 2.67 bits per heavy atom. The molecule has 4 heteroatoms. The maximum atomic E-state index is 11.4. The Hall–Kier alpha value is -1.35. The number of ketones is 1. The van der Waals surface area contributed by atoms with Crippen molar-refractivity contribution in [2.45, 2.75) is 13.8 Å². The first kappa shape index (κ1) is 11.7. The van der Waals surface area contributed by atoms with Gasteiger partial charge in [0.15, 0.2) is 12.1 Å². The number of aldehydes is 1. The van der Waals surface area contributed by atoms with Gasteiger partial charge in [-0.1, -0.05) is 11.6 Å². The second-order valence-corrected chi connectivity index (χ2v) is 3.41. The van der Waals surface area contributed by atoms with Crippen LogP contribution in [0.3, 0.4) is 0 Å². The maximum Gasteiger partial charge on any atom is 0.164 e. The SMILES string of the molecule is CCOc1cc(Cl)cc(C=O)c1C(C)=O. The molecule has 0 spiro atoms. The Morgan fingerprint density at radius 1 is 1.53 bits per heavy atom. The van der Waals surface area contributed by atoms with Gasteiger partial charge >= 0.3 is 0 Å². The number of carbonyl (C=O) groups excluding carboxylic acids is 2. The zero-order chi connectivity index (χ0) is 11.4. The first-order chi connectivity index (χ1) is 7.10. The van der Waals surface area contributed by atoms with Gasteiger partial charge in [-0.15, -0.1) is 0 Å². The highest BCUT2D eigenvalue weighted by Gasteiger charge is 2.14. The fraction of sp³-hybridized carbons (Fsp3) is 0.273. The predicted molar refractivity (Wildman–Crippen MR) is 58.0 cm³/mol. The molecule has 0 aliphatic rings. The Bertz CT molecular complexity index is 399. The number of ether oxygens (including phenoxy) is 1. The van der Waals surface area contributed by atoms with E-state index in [0.29, 0.717) is 23.7 Å². The molecule has 0 heterocycles. The van der Waals surface area contributed by atoms with E-state index in [4.69, 9.17) is 16.3 Å². The molecule has 1 aromatic carbocycles. The average Bonchev–Trinajstić information content (AvgIpc) is 2.16. The zero-order valence-electron chi connectivity index (χ0n) is 8.54. The van der Waals surface area contributed by atoms with Gasteiger partial charge in [-0.25, -0.2) is 0 Å². The number of halogens is 1. The molecule has 1 aromatic rings. The van der Waals surface area contributed by atoms with Crippen molar-refractivity contribution < 1.29 is 14.3 Å². The molecule has 80 valence electrons. The van der Waals surface area contributed by atoms with Crippen LogP contribution < -0.4 is 4.74 Å². The summed E-state index contributed by atoms with van der Waals surface area (Å²) in [5, 5.41) is 0.380. The summed E-state index contributed by atoms with van der Waals surface area (Å²) >= 11 is 5.79. The fourth-order valence-electron chi connectivity index (χ4n) is 1.34. The second-order valence-electron chi connectivity index (χ2n) is 2.98. The third kappa shape index (κ3) is 2.57. The topological polar surface area (TPSA) is 43.4 Å². The minimum atomic E-state index is -0.211. The zero-order valence-corrected chi connectivity index (χ0v) is 9.30. The van der Waals surface area contributed by atoms with Gasteiger partial charge in [0.25, 0.3) is 0 Å². The van der Waals surface area contributed by atoms with Crippen molar-refractivity contribution in [3.63, 3.8) is 0 Å². The van der Waals surface area contributed by atoms with E-state index in [2.05, 4.69) is 0 Å². The van der Waals surface area contributed by atoms with Crippen LogP contribution in [0.5, 0.6) is 5.75 Å². The molecule has 15 heavy (non-hydrogen) atoms. The van der Waals surface area contributed by atoms with E-state index in [1.54, 1.807) is 6.92 Å². The van der Waals surface area contributed by atoms with Gasteiger partial charge in [-0.05, 0) is 26.0 Å². The summed E-state index contributed by atoms with van der Waals surface area (Å²) in [4.78, 5) is 22.1. The van der Waals surface area contributed by atoms with Crippen LogP contribution in [0.25, 0.3) is 0 Å². The van der Waals surface area contributed by atoms with Crippen molar-refractivity contribution in [1.82, 2.24) is 0 Å². The quantitative estimate of drug-likeness (QED) is 0.586. The standard InChI is InChI=1S/C11H11ClO3/c1-3-15-10-5-9(12)4-8(6-13)11(10)7(2)14/h4-6H,3H2,1-2H3. The number of Topliss-reactive ketones (excluding diaryl/α,β-unsaturated/α-hetero) is 1. The van der Waals surface area contributed by atoms with E-state index in [1.807, 2.05) is 0 Å². The summed E-state index contributed by atoms with van der Waals surface area (Å²) < 4.78 is 5.26. The molecule has 1 rings (SSSR count). The van der Waals surface area contributed by atoms with Gasteiger partial charge < -0.3 is 4.74 Å². The molecule has 3 nitrogen and oxygen atoms in total. The molecule has 0 saturated heterocycles. The van der Waals surface area contributed by atoms with E-state index >= 15 is 0 Å². The summed E-state index contributed by atoms with van der Waals surface area (Å²) in [6.07, 6.45) is 0.602. The lowest BCUT2D eigenvalue weighted by Gasteiger charge is -2.10. The lowest BCUT2D eigenvalue weighted by atomic mass is 10.0. The summed E-state index contributed by atoms with van der Waals surface area (Å²) in [6.45, 7) is 3.60. The first-order valence-corrected chi connectivity index (χ1v) is 4.90. The molecule has 0 N–H and O–H groups in total. The Labute approximate surface area is 93.0 Å². The Kier molecular flexibility index (Phi) is 3.86. The minimum absolute atomic E-state index is 0.211. The van der Waals surface area contributed by atoms with Crippen LogP contribution >= 0.6 is 11.6 Å². The number of benzene rings is 1. The highest BCUT2D eigenvalue weighted by Crippen LogP contribution is 2.27. The third-order valence-electron chi connectivity index (χ3n) is 1.88. The molecular weight excluding hydrogens is 216 g/mol. The van der Waals surface area contributed by atoms with Gasteiger partial charge in [-0.3, -0.25) is 9.59 Å². The number of rotatable bonds is 4. The normalized spacial score (nSPS) is 9.80. The highest BCUT2D eigenvalue weighted by molar-refractivity contribution is 6.31. The summed E-state index contributed by atoms with van der Waals surface area (Å²) in [6, 6.07) is 2.99. The molecule has 0 bridgehead atoms. The van der Waals surface area contributed by atoms with Crippen LogP contribution in [0.15, 0.2) is 12.1 Å². The molecule has 0 aromatic heterocycles. The van der Waals surface area contributed by atoms with E-state index in [9.17, 15) is 9.59 Å². The van der Waals surface area contributed by atoms with Crippen LogP contribution in [-0.2, 0) is 0 Å². The molecule has 0 fully saturated rings. The van der Waals surface area contributed by atoms with Crippen molar-refractivity contribution in [1.29, 1.82) is 0 Å². The molecule has 0 aliphatic carbocycles. The lowest BCUT2D eigenvalue weighted by molar-refractivity contribution is 0.100. The largest absolute Gasteiger partial charge is 0.493 e. The highest BCUT2D eigenvalue weighted by atomic mass is 35.5. The first-order valence-electron chi connectivity index (χ1n) is 4.52. The average molecular weight is 227 g/mol. The van der Waals surface area contributed by atoms with Crippen LogP contribution in [0.4, 0.5) is 0 Å². The van der Waals surface area contributed by atoms with Gasteiger partial charge in [0.2, 0.25) is 0 Å². The molecule has 0 aliphatic heterocycles. The third-order valence-corrected chi connectivity index (χ3v) is 2.09. The van der Waals surface area contributed by atoms with Crippen molar-refractivity contribution in [2.75, 3.05) is 6.61 Å². The smallest absolute Gasteiger partial charge is 0.164 e. The lowest BCUT2D eigenvalue weighted by Crippen LogP contribution is -2.04. The fourth-order valence-corrected chi connectivity index (χ4v) is 1.56. The van der Waals surface area contributed by atoms with Crippen molar-refractivity contribution in [2.24, 2.45) is 0 Å². The van der Waals surface area contributed by atoms with E-state index in [0.717, 1.165) is 0 Å². The molecule has 0 saturated carbocycles. The predicted octanol–water partition coefficient (Wildman–Crippen LogP) is 2.75. The molecule has 0 amide bonds. The number of carbonyl (C=O) groups is 2. The van der Waals surface area contributed by atoms with Crippen molar-refractivity contribution in [3.05, 3.63) is 28.3 Å². The van der Waals surface area contributed by atoms with Gasteiger partial charge in [0.1, 0.15) is 5.75 Å². The molecular formula is C11H11ClO3. The molecule has 0 radical (unpaired) electrons. The Morgan fingerprint density at radius 2 is 2.20 bits per heavy atom. The second kappa shape index (κ2) is 4.94. The van der Waals surface area contributed by atoms with E-state index < -0.39 is 0 Å². The summed E-state index contributed by atoms with van der Waals surface area (Å²) in [5.74, 6) is 0.150. The van der Waals surface area contributed by atoms with Gasteiger partial charge in [0, 0.05) is 10.6 Å². The summed E-state index contributed by atoms with van der Waals surface area (Å²) in [5.41, 5.74) is 0.551. The number of hydrogen-bond donors (Lipinski definition) is 0. The molecule has 0 atom stereocenters. The van der Waals surface area contributed by atoms with Crippen LogP contribution in [-0.4, -0.2) is 18.7 Å². The van der Waals surface area contributed by atoms with E-state index in [-0.39, 0.29) is 16.9 Å². The van der Waals surface area contributed by atoms with Crippen LogP contribution in [0.1, 0.15) is 34.6 Å². The van der Waals surface area contributed by atoms with E-state index in [1.165, 1.54) is 19.1 Å².